The predicted octanol–water partition coefficient (Wildman–Crippen LogP) is 5.01. The highest BCUT2D eigenvalue weighted by atomic mass is 79.9. The van der Waals surface area contributed by atoms with E-state index in [1.54, 1.807) is 6.20 Å². The number of nitrogens with zero attached hydrogens (tertiary/aromatic N) is 1. The van der Waals surface area contributed by atoms with Gasteiger partial charge in [0.25, 0.3) is 0 Å². The Bertz CT molecular complexity index is 348. The van der Waals surface area contributed by atoms with Crippen molar-refractivity contribution in [3.8, 4) is 0 Å². The van der Waals surface area contributed by atoms with Crippen LogP contribution in [0.2, 0.25) is 5.02 Å². The highest BCUT2D eigenvalue weighted by Crippen LogP contribution is 2.32. The van der Waals surface area contributed by atoms with E-state index < -0.39 is 0 Å². The number of alkyl halides is 1. The average molecular weight is 317 g/mol. The fourth-order valence-electron chi connectivity index (χ4n) is 2.62. The van der Waals surface area contributed by atoms with Crippen molar-refractivity contribution in [2.45, 2.75) is 49.8 Å². The quantitative estimate of drug-likeness (QED) is 0.564. The summed E-state index contributed by atoms with van der Waals surface area (Å²) in [4.78, 5) is 4.59. The normalized spacial score (nSPS) is 19.9. The fraction of sp³-hybridized carbons (Fsp3) is 0.643. The number of pyridine rings is 1. The molecule has 94 valence electrons. The van der Waals surface area contributed by atoms with Crippen LogP contribution in [-0.4, -0.2) is 9.81 Å². The lowest BCUT2D eigenvalue weighted by atomic mass is 9.93. The molecule has 2 rings (SSSR count). The molecule has 1 aromatic rings. The zero-order valence-corrected chi connectivity index (χ0v) is 12.4. The van der Waals surface area contributed by atoms with Gasteiger partial charge in [-0.2, -0.15) is 0 Å². The Balaban J connectivity index is 1.95. The maximum atomic E-state index is 6.16. The van der Waals surface area contributed by atoms with E-state index in [1.165, 1.54) is 44.1 Å². The minimum atomic E-state index is 0.556. The minimum Gasteiger partial charge on any atom is -0.263 e. The summed E-state index contributed by atoms with van der Waals surface area (Å²) in [6.45, 7) is 0. The average Bonchev–Trinajstić information content (AvgIpc) is 2.61. The SMILES string of the molecule is Clc1cnccc1CC(Br)C1CCCCCC1. The summed E-state index contributed by atoms with van der Waals surface area (Å²) in [5, 5.41) is 0.797. The van der Waals surface area contributed by atoms with Crippen LogP contribution in [-0.2, 0) is 6.42 Å². The number of rotatable bonds is 3. The van der Waals surface area contributed by atoms with Crippen molar-refractivity contribution < 1.29 is 0 Å². The number of hydrogen-bond acceptors (Lipinski definition) is 1. The molecular formula is C14H19BrClN. The van der Waals surface area contributed by atoms with E-state index in [0.717, 1.165) is 17.4 Å². The second kappa shape index (κ2) is 6.75. The van der Waals surface area contributed by atoms with Gasteiger partial charge in [-0.3, -0.25) is 4.98 Å². The van der Waals surface area contributed by atoms with E-state index in [9.17, 15) is 0 Å². The summed E-state index contributed by atoms with van der Waals surface area (Å²) >= 11 is 10.0. The van der Waals surface area contributed by atoms with Crippen LogP contribution in [0, 0.1) is 5.92 Å². The van der Waals surface area contributed by atoms with Crippen molar-refractivity contribution >= 4 is 27.5 Å². The molecule has 1 aliphatic rings. The predicted molar refractivity (Wildman–Crippen MR) is 76.9 cm³/mol. The third kappa shape index (κ3) is 3.96. The van der Waals surface area contributed by atoms with Gasteiger partial charge in [0.15, 0.2) is 0 Å². The van der Waals surface area contributed by atoms with Crippen molar-refractivity contribution in [3.05, 3.63) is 29.0 Å². The van der Waals surface area contributed by atoms with E-state index >= 15 is 0 Å². The zero-order valence-electron chi connectivity index (χ0n) is 10.0. The third-order valence-electron chi connectivity index (χ3n) is 3.68. The van der Waals surface area contributed by atoms with Crippen LogP contribution in [0.15, 0.2) is 18.5 Å². The monoisotopic (exact) mass is 315 g/mol. The lowest BCUT2D eigenvalue weighted by Crippen LogP contribution is -2.16. The molecule has 1 heterocycles. The standard InChI is InChI=1S/C14H19BrClN/c15-13(11-5-3-1-2-4-6-11)9-12-7-8-17-10-14(12)16/h7-8,10-11,13H,1-6,9H2. The highest BCUT2D eigenvalue weighted by Gasteiger charge is 2.21. The van der Waals surface area contributed by atoms with E-state index in [-0.39, 0.29) is 0 Å². The molecule has 0 aliphatic heterocycles. The Morgan fingerprint density at radius 1 is 1.29 bits per heavy atom. The molecule has 1 unspecified atom stereocenters. The van der Waals surface area contributed by atoms with Gasteiger partial charge in [-0.15, -0.1) is 0 Å². The summed E-state index contributed by atoms with van der Waals surface area (Å²) in [5.74, 6) is 0.807. The van der Waals surface area contributed by atoms with E-state index in [4.69, 9.17) is 11.6 Å². The van der Waals surface area contributed by atoms with Crippen LogP contribution in [0.25, 0.3) is 0 Å². The van der Waals surface area contributed by atoms with Crippen molar-refractivity contribution in [2.75, 3.05) is 0 Å². The first-order chi connectivity index (χ1) is 8.27. The Hall–Kier alpha value is -0.0800. The van der Waals surface area contributed by atoms with Gasteiger partial charge < -0.3 is 0 Å². The van der Waals surface area contributed by atoms with Crippen molar-refractivity contribution in [2.24, 2.45) is 5.92 Å². The van der Waals surface area contributed by atoms with E-state index in [0.29, 0.717) is 4.83 Å². The topological polar surface area (TPSA) is 12.9 Å². The van der Waals surface area contributed by atoms with Crippen LogP contribution >= 0.6 is 27.5 Å². The summed E-state index contributed by atoms with van der Waals surface area (Å²) in [5.41, 5.74) is 1.22. The number of halogens is 2. The fourth-order valence-corrected chi connectivity index (χ4v) is 3.69. The second-order valence-electron chi connectivity index (χ2n) is 4.94. The van der Waals surface area contributed by atoms with Crippen LogP contribution in [0.3, 0.4) is 0 Å². The lowest BCUT2D eigenvalue weighted by molar-refractivity contribution is 0.445. The summed E-state index contributed by atoms with van der Waals surface area (Å²) in [6, 6.07) is 2.04. The van der Waals surface area contributed by atoms with E-state index in [1.807, 2.05) is 12.3 Å². The maximum Gasteiger partial charge on any atom is 0.0621 e. The van der Waals surface area contributed by atoms with Gasteiger partial charge >= 0.3 is 0 Å². The van der Waals surface area contributed by atoms with Gasteiger partial charge in [0.2, 0.25) is 0 Å². The smallest absolute Gasteiger partial charge is 0.0621 e. The molecule has 0 N–H and O–H groups in total. The molecule has 0 radical (unpaired) electrons. The third-order valence-corrected chi connectivity index (χ3v) is 5.09. The zero-order chi connectivity index (χ0) is 12.1. The van der Waals surface area contributed by atoms with Gasteiger partial charge in [0.05, 0.1) is 5.02 Å². The Kier molecular flexibility index (Phi) is 5.30. The lowest BCUT2D eigenvalue weighted by Gasteiger charge is -2.21. The van der Waals surface area contributed by atoms with Crippen molar-refractivity contribution in [3.63, 3.8) is 0 Å². The largest absolute Gasteiger partial charge is 0.263 e. The van der Waals surface area contributed by atoms with Crippen molar-refractivity contribution in [1.29, 1.82) is 0 Å². The van der Waals surface area contributed by atoms with Gasteiger partial charge in [-0.25, -0.2) is 0 Å². The first-order valence-corrected chi connectivity index (χ1v) is 7.79. The summed E-state index contributed by atoms with van der Waals surface area (Å²) < 4.78 is 0. The number of aromatic nitrogens is 1. The highest BCUT2D eigenvalue weighted by molar-refractivity contribution is 9.09. The first kappa shape index (κ1) is 13.4. The van der Waals surface area contributed by atoms with Gasteiger partial charge in [-0.05, 0) is 36.8 Å². The second-order valence-corrected chi connectivity index (χ2v) is 6.52. The Morgan fingerprint density at radius 2 is 2.00 bits per heavy atom. The molecule has 0 amide bonds. The molecule has 1 fully saturated rings. The molecule has 0 bridgehead atoms. The minimum absolute atomic E-state index is 0.556. The molecule has 1 aromatic heterocycles. The summed E-state index contributed by atoms with van der Waals surface area (Å²) in [6.07, 6.45) is 12.9. The number of hydrogen-bond donors (Lipinski definition) is 0. The Morgan fingerprint density at radius 3 is 2.65 bits per heavy atom. The molecule has 1 saturated carbocycles. The first-order valence-electron chi connectivity index (χ1n) is 6.50. The molecule has 0 aromatic carbocycles. The van der Waals surface area contributed by atoms with Crippen molar-refractivity contribution in [1.82, 2.24) is 4.98 Å². The van der Waals surface area contributed by atoms with Gasteiger partial charge in [-0.1, -0.05) is 53.2 Å². The molecular weight excluding hydrogens is 298 g/mol. The molecule has 1 aliphatic carbocycles. The molecule has 1 nitrogen and oxygen atoms in total. The van der Waals surface area contributed by atoms with Crippen LogP contribution in [0.1, 0.15) is 44.1 Å². The van der Waals surface area contributed by atoms with Gasteiger partial charge in [0.1, 0.15) is 0 Å². The van der Waals surface area contributed by atoms with E-state index in [2.05, 4.69) is 20.9 Å². The maximum absolute atomic E-state index is 6.16. The Labute approximate surface area is 117 Å². The molecule has 0 saturated heterocycles. The van der Waals surface area contributed by atoms with Gasteiger partial charge in [0, 0.05) is 17.2 Å². The molecule has 0 spiro atoms. The van der Waals surface area contributed by atoms with Crippen LogP contribution < -0.4 is 0 Å². The summed E-state index contributed by atoms with van der Waals surface area (Å²) in [7, 11) is 0. The van der Waals surface area contributed by atoms with Crippen LogP contribution in [0.4, 0.5) is 0 Å². The molecule has 1 atom stereocenters. The van der Waals surface area contributed by atoms with Crippen LogP contribution in [0.5, 0.6) is 0 Å². The molecule has 3 heteroatoms. The molecule has 17 heavy (non-hydrogen) atoms.